The molecule has 9 nitrogen and oxygen atoms in total. The smallest absolute Gasteiger partial charge is 0.406 e. The second-order valence-corrected chi connectivity index (χ2v) is 10.4. The number of amides is 2. The fourth-order valence-electron chi connectivity index (χ4n) is 4.48. The van der Waals surface area contributed by atoms with Crippen molar-refractivity contribution >= 4 is 17.4 Å². The molecule has 218 valence electrons. The Labute approximate surface area is 248 Å². The molecule has 0 aliphatic heterocycles. The Morgan fingerprint density at radius 1 is 1.05 bits per heavy atom. The number of nitriles is 1. The molecule has 5 aromatic rings. The minimum atomic E-state index is -4.77. The minimum absolute atomic E-state index is 0.342. The van der Waals surface area contributed by atoms with Crippen LogP contribution in [0, 0.1) is 32.1 Å². The number of halogens is 3. The molecule has 13 heteroatoms. The summed E-state index contributed by atoms with van der Waals surface area (Å²) in [6.07, 6.45) is -3.34. The van der Waals surface area contributed by atoms with Crippen LogP contribution in [0.2, 0.25) is 0 Å². The summed E-state index contributed by atoms with van der Waals surface area (Å²) in [4.78, 5) is 21.9. The maximum atomic E-state index is 12.9. The van der Waals surface area contributed by atoms with E-state index in [0.29, 0.717) is 27.4 Å². The number of alkyl halides is 3. The molecule has 0 spiro atoms. The number of carbonyl (C=O) groups is 1. The fraction of sp³-hybridized carbons (Fsp3) is 0.167. The third-order valence-corrected chi connectivity index (χ3v) is 7.41. The van der Waals surface area contributed by atoms with E-state index < -0.39 is 18.4 Å². The highest BCUT2D eigenvalue weighted by molar-refractivity contribution is 7.07. The lowest BCUT2D eigenvalue weighted by Gasteiger charge is -2.13. The Morgan fingerprint density at radius 3 is 2.35 bits per heavy atom. The summed E-state index contributed by atoms with van der Waals surface area (Å²) in [5.74, 6) is 0.0176. The molecule has 0 aliphatic carbocycles. The second-order valence-electron chi connectivity index (χ2n) is 9.54. The van der Waals surface area contributed by atoms with E-state index in [1.165, 1.54) is 46.6 Å². The van der Waals surface area contributed by atoms with Gasteiger partial charge in [0.05, 0.1) is 17.4 Å². The van der Waals surface area contributed by atoms with Gasteiger partial charge < -0.3 is 10.1 Å². The zero-order valence-corrected chi connectivity index (χ0v) is 23.9. The molecule has 0 bridgehead atoms. The predicted molar refractivity (Wildman–Crippen MR) is 154 cm³/mol. The van der Waals surface area contributed by atoms with Crippen LogP contribution in [0.5, 0.6) is 5.75 Å². The molecule has 0 fully saturated rings. The number of hydrogen-bond acceptors (Lipinski definition) is 6. The number of nitrogens with zero attached hydrogens (tertiary/aromatic N) is 6. The van der Waals surface area contributed by atoms with E-state index in [1.54, 1.807) is 24.3 Å². The summed E-state index contributed by atoms with van der Waals surface area (Å²) in [5.41, 5.74) is 5.65. The summed E-state index contributed by atoms with van der Waals surface area (Å²) in [7, 11) is 0. The molecule has 2 amide bonds. The van der Waals surface area contributed by atoms with E-state index in [4.69, 9.17) is 0 Å². The molecule has 3 aromatic carbocycles. The number of rotatable bonds is 6. The molecule has 2 heterocycles. The first-order valence-electron chi connectivity index (χ1n) is 12.9. The second kappa shape index (κ2) is 11.9. The van der Waals surface area contributed by atoms with Crippen molar-refractivity contribution in [3.05, 3.63) is 106 Å². The van der Waals surface area contributed by atoms with Crippen molar-refractivity contribution in [1.82, 2.24) is 24.6 Å². The van der Waals surface area contributed by atoms with Crippen LogP contribution in [0.15, 0.2) is 83.4 Å². The number of benzene rings is 3. The molecular weight excluding hydrogens is 579 g/mol. The van der Waals surface area contributed by atoms with E-state index in [-0.39, 0.29) is 5.75 Å². The molecule has 5 rings (SSSR count). The fourth-order valence-corrected chi connectivity index (χ4v) is 5.34. The van der Waals surface area contributed by atoms with Gasteiger partial charge in [-0.2, -0.15) is 10.3 Å². The first kappa shape index (κ1) is 29.3. The van der Waals surface area contributed by atoms with Crippen LogP contribution in [0.4, 0.5) is 18.0 Å². The van der Waals surface area contributed by atoms with Gasteiger partial charge in [0.25, 0.3) is 0 Å². The third kappa shape index (κ3) is 6.65. The summed E-state index contributed by atoms with van der Waals surface area (Å²) in [5, 5.41) is 18.8. The maximum Gasteiger partial charge on any atom is 0.573 e. The topological polar surface area (TPSA) is 110 Å². The van der Waals surface area contributed by atoms with Crippen molar-refractivity contribution in [3.8, 4) is 34.6 Å². The maximum absolute atomic E-state index is 12.9. The van der Waals surface area contributed by atoms with E-state index in [2.05, 4.69) is 31.2 Å². The van der Waals surface area contributed by atoms with Crippen LogP contribution in [0.25, 0.3) is 22.8 Å². The first-order valence-corrected chi connectivity index (χ1v) is 13.8. The zero-order chi connectivity index (χ0) is 30.7. The number of aryl methyl sites for hydroxylation is 3. The Balaban J connectivity index is 1.31. The van der Waals surface area contributed by atoms with Crippen LogP contribution >= 0.6 is 11.3 Å². The van der Waals surface area contributed by atoms with Crippen LogP contribution in [0.1, 0.15) is 28.4 Å². The summed E-state index contributed by atoms with van der Waals surface area (Å²) >= 11 is 1.34. The Kier molecular flexibility index (Phi) is 8.13. The normalized spacial score (nSPS) is 12.5. The molecule has 0 saturated carbocycles. The molecule has 0 aliphatic rings. The first-order chi connectivity index (χ1) is 20.5. The predicted octanol–water partition coefficient (Wildman–Crippen LogP) is 6.49. The monoisotopic (exact) mass is 603 g/mol. The quantitative estimate of drug-likeness (QED) is 0.239. The van der Waals surface area contributed by atoms with Crippen LogP contribution in [-0.4, -0.2) is 31.7 Å². The number of nitrogens with one attached hydrogen (secondary N) is 1. The molecule has 1 atom stereocenters. The SMILES string of the molecule is Cc1cccc(C)c1-n1c(C)cs/c1=N\C(=O)NC(C#N)c1ccc(-c2ncn(-c3ccc(OC(F)(F)F)cc3)n2)cc1. The largest absolute Gasteiger partial charge is 0.573 e. The lowest BCUT2D eigenvalue weighted by molar-refractivity contribution is -0.274. The highest BCUT2D eigenvalue weighted by Crippen LogP contribution is 2.25. The van der Waals surface area contributed by atoms with Gasteiger partial charge >= 0.3 is 12.4 Å². The number of carbonyl (C=O) groups excluding carboxylic acids is 1. The lowest BCUT2D eigenvalue weighted by atomic mass is 10.1. The number of para-hydroxylation sites is 1. The Hall–Kier alpha value is -5.22. The van der Waals surface area contributed by atoms with Crippen molar-refractivity contribution in [1.29, 1.82) is 5.26 Å². The Bertz CT molecular complexity index is 1860. The van der Waals surface area contributed by atoms with Gasteiger partial charge in [0.1, 0.15) is 18.1 Å². The highest BCUT2D eigenvalue weighted by Gasteiger charge is 2.31. The van der Waals surface area contributed by atoms with Gasteiger partial charge in [-0.3, -0.25) is 4.57 Å². The van der Waals surface area contributed by atoms with Gasteiger partial charge in [-0.05, 0) is 61.7 Å². The van der Waals surface area contributed by atoms with Gasteiger partial charge in [0.2, 0.25) is 0 Å². The van der Waals surface area contributed by atoms with E-state index in [9.17, 15) is 23.2 Å². The van der Waals surface area contributed by atoms with E-state index in [1.807, 2.05) is 48.9 Å². The summed E-state index contributed by atoms with van der Waals surface area (Å²) in [6.45, 7) is 5.94. The van der Waals surface area contributed by atoms with Crippen LogP contribution in [0.3, 0.4) is 0 Å². The number of hydrogen-bond donors (Lipinski definition) is 1. The molecule has 43 heavy (non-hydrogen) atoms. The molecule has 1 unspecified atom stereocenters. The average Bonchev–Trinajstić information content (AvgIpc) is 3.59. The minimum Gasteiger partial charge on any atom is -0.406 e. The van der Waals surface area contributed by atoms with Crippen molar-refractivity contribution in [2.45, 2.75) is 33.2 Å². The van der Waals surface area contributed by atoms with Gasteiger partial charge in [-0.25, -0.2) is 14.5 Å². The number of urea groups is 1. The van der Waals surface area contributed by atoms with Crippen molar-refractivity contribution in [2.75, 3.05) is 0 Å². The third-order valence-electron chi connectivity index (χ3n) is 6.46. The average molecular weight is 604 g/mol. The number of aromatic nitrogens is 4. The van der Waals surface area contributed by atoms with Gasteiger partial charge in [0.15, 0.2) is 10.6 Å². The molecule has 1 N–H and O–H groups in total. The lowest BCUT2D eigenvalue weighted by Crippen LogP contribution is -2.28. The number of thiazole rings is 1. The van der Waals surface area contributed by atoms with E-state index >= 15 is 0 Å². The van der Waals surface area contributed by atoms with Crippen molar-refractivity contribution in [3.63, 3.8) is 0 Å². The van der Waals surface area contributed by atoms with Gasteiger partial charge in [-0.1, -0.05) is 42.5 Å². The van der Waals surface area contributed by atoms with Crippen LogP contribution < -0.4 is 14.9 Å². The zero-order valence-electron chi connectivity index (χ0n) is 23.1. The molecular formula is C30H24F3N7O2S. The molecule has 0 radical (unpaired) electrons. The molecule has 2 aromatic heterocycles. The Morgan fingerprint density at radius 2 is 1.72 bits per heavy atom. The summed E-state index contributed by atoms with van der Waals surface area (Å²) < 4.78 is 44.5. The van der Waals surface area contributed by atoms with Crippen LogP contribution in [-0.2, 0) is 0 Å². The van der Waals surface area contributed by atoms with E-state index in [0.717, 1.165) is 22.5 Å². The van der Waals surface area contributed by atoms with Gasteiger partial charge in [-0.15, -0.1) is 29.6 Å². The van der Waals surface area contributed by atoms with Crippen molar-refractivity contribution < 1.29 is 22.7 Å². The number of ether oxygens (including phenoxy) is 1. The molecule has 0 saturated heterocycles. The standard InChI is InChI=1S/C30H24F3N7O2S/c1-18-5-4-6-19(2)26(18)40-20(3)16-43-29(40)37-28(41)36-25(15-34)21-7-9-22(10-8-21)27-35-17-39(38-27)23-11-13-24(14-12-23)42-30(31,32)33/h4-14,16-17,25H,1-3H3,(H,36,41)/b37-29-. The van der Waals surface area contributed by atoms with Gasteiger partial charge in [0, 0.05) is 16.6 Å². The summed E-state index contributed by atoms with van der Waals surface area (Å²) in [6, 6.07) is 18.5. The highest BCUT2D eigenvalue weighted by atomic mass is 32.1. The van der Waals surface area contributed by atoms with Crippen molar-refractivity contribution in [2.24, 2.45) is 4.99 Å².